The van der Waals surface area contributed by atoms with Crippen molar-refractivity contribution in [3.8, 4) is 0 Å². The Balaban J connectivity index is 2.72. The van der Waals surface area contributed by atoms with Gasteiger partial charge in [-0.05, 0) is 25.2 Å². The third kappa shape index (κ3) is 6.49. The van der Waals surface area contributed by atoms with Crippen LogP contribution in [0.3, 0.4) is 0 Å². The van der Waals surface area contributed by atoms with E-state index in [2.05, 4.69) is 23.3 Å². The van der Waals surface area contributed by atoms with E-state index in [0.29, 0.717) is 25.8 Å². The molecule has 1 saturated heterocycles. The van der Waals surface area contributed by atoms with Gasteiger partial charge in [-0.15, -0.1) is 0 Å². The number of likely N-dealkylation sites (tertiary alicyclic amines) is 1. The molecule has 1 fully saturated rings. The lowest BCUT2D eigenvalue weighted by atomic mass is 10.0. The molecule has 1 aliphatic heterocycles. The number of carbonyl (C=O) groups excluding carboxylic acids is 3. The van der Waals surface area contributed by atoms with Crippen molar-refractivity contribution in [2.24, 2.45) is 11.7 Å². The Bertz CT molecular complexity index is 543. The van der Waals surface area contributed by atoms with Crippen molar-refractivity contribution in [2.45, 2.75) is 51.2 Å². The summed E-state index contributed by atoms with van der Waals surface area (Å²) in [7, 11) is 0. The fraction of sp³-hybridized carbons (Fsp3) is 0.750. The van der Waals surface area contributed by atoms with Crippen molar-refractivity contribution >= 4 is 36.3 Å². The topological polar surface area (TPSA) is 142 Å². The van der Waals surface area contributed by atoms with Gasteiger partial charge in [0.2, 0.25) is 17.7 Å². The SMILES string of the molecule is CC(C)CC(N)C(=O)NC(CS)C(=O)N1CCCC1C(=O)NCC(=O)O. The van der Waals surface area contributed by atoms with E-state index in [9.17, 15) is 19.2 Å². The highest BCUT2D eigenvalue weighted by molar-refractivity contribution is 7.80. The number of hydrogen-bond acceptors (Lipinski definition) is 6. The second-order valence-corrected chi connectivity index (χ2v) is 7.15. The first-order chi connectivity index (χ1) is 12.2. The minimum atomic E-state index is -1.16. The highest BCUT2D eigenvalue weighted by Crippen LogP contribution is 2.19. The van der Waals surface area contributed by atoms with E-state index in [-0.39, 0.29) is 11.7 Å². The van der Waals surface area contributed by atoms with Crippen LogP contribution in [0.5, 0.6) is 0 Å². The zero-order chi connectivity index (χ0) is 19.9. The normalized spacial score (nSPS) is 19.1. The Hall–Kier alpha value is -1.81. The van der Waals surface area contributed by atoms with Crippen LogP contribution in [0.15, 0.2) is 0 Å². The van der Waals surface area contributed by atoms with Gasteiger partial charge >= 0.3 is 5.97 Å². The Morgan fingerprint density at radius 1 is 1.31 bits per heavy atom. The third-order valence-electron chi connectivity index (χ3n) is 4.11. The molecule has 3 amide bonds. The number of aliphatic carboxylic acids is 1. The van der Waals surface area contributed by atoms with Crippen molar-refractivity contribution in [1.29, 1.82) is 0 Å². The average molecular weight is 388 g/mol. The molecule has 0 radical (unpaired) electrons. The summed E-state index contributed by atoms with van der Waals surface area (Å²) in [6.07, 6.45) is 1.55. The number of rotatable bonds is 9. The van der Waals surface area contributed by atoms with Gasteiger partial charge in [-0.25, -0.2) is 0 Å². The monoisotopic (exact) mass is 388 g/mol. The van der Waals surface area contributed by atoms with Crippen LogP contribution in [0.25, 0.3) is 0 Å². The van der Waals surface area contributed by atoms with E-state index in [4.69, 9.17) is 10.8 Å². The van der Waals surface area contributed by atoms with Gasteiger partial charge in [-0.3, -0.25) is 19.2 Å². The van der Waals surface area contributed by atoms with E-state index in [1.54, 1.807) is 0 Å². The smallest absolute Gasteiger partial charge is 0.322 e. The molecule has 0 saturated carbocycles. The van der Waals surface area contributed by atoms with Crippen molar-refractivity contribution in [1.82, 2.24) is 15.5 Å². The van der Waals surface area contributed by atoms with Gasteiger partial charge in [0.25, 0.3) is 0 Å². The number of thiol groups is 1. The zero-order valence-electron chi connectivity index (χ0n) is 15.1. The first-order valence-electron chi connectivity index (χ1n) is 8.64. The van der Waals surface area contributed by atoms with Crippen LogP contribution < -0.4 is 16.4 Å². The lowest BCUT2D eigenvalue weighted by molar-refractivity contribution is -0.142. The Labute approximate surface area is 158 Å². The second-order valence-electron chi connectivity index (χ2n) is 6.78. The van der Waals surface area contributed by atoms with Crippen molar-refractivity contribution in [3.05, 3.63) is 0 Å². The quantitative estimate of drug-likeness (QED) is 0.320. The van der Waals surface area contributed by atoms with Crippen LogP contribution in [0.1, 0.15) is 33.1 Å². The lowest BCUT2D eigenvalue weighted by Gasteiger charge is -2.28. The van der Waals surface area contributed by atoms with E-state index in [1.807, 2.05) is 13.8 Å². The van der Waals surface area contributed by atoms with Crippen LogP contribution in [0.2, 0.25) is 0 Å². The number of nitrogens with two attached hydrogens (primary N) is 1. The fourth-order valence-electron chi connectivity index (χ4n) is 2.86. The maximum absolute atomic E-state index is 12.7. The van der Waals surface area contributed by atoms with E-state index >= 15 is 0 Å². The molecule has 0 aliphatic carbocycles. The van der Waals surface area contributed by atoms with Crippen LogP contribution in [0, 0.1) is 5.92 Å². The zero-order valence-corrected chi connectivity index (χ0v) is 16.0. The maximum atomic E-state index is 12.7. The molecule has 1 heterocycles. The number of carboxylic acids is 1. The van der Waals surface area contributed by atoms with Gasteiger partial charge in [0.05, 0.1) is 6.04 Å². The van der Waals surface area contributed by atoms with Gasteiger partial charge in [-0.1, -0.05) is 13.8 Å². The minimum absolute atomic E-state index is 0.0684. The largest absolute Gasteiger partial charge is 0.480 e. The summed E-state index contributed by atoms with van der Waals surface area (Å²) in [5, 5.41) is 13.5. The summed E-state index contributed by atoms with van der Waals surface area (Å²) in [5.41, 5.74) is 5.84. The fourth-order valence-corrected chi connectivity index (χ4v) is 3.11. The molecule has 0 bridgehead atoms. The maximum Gasteiger partial charge on any atom is 0.322 e. The predicted octanol–water partition coefficient (Wildman–Crippen LogP) is -1.03. The molecule has 10 heteroatoms. The summed E-state index contributed by atoms with van der Waals surface area (Å²) in [5.74, 6) is -2.22. The number of nitrogens with zero attached hydrogens (tertiary/aromatic N) is 1. The highest BCUT2D eigenvalue weighted by atomic mass is 32.1. The molecular weight excluding hydrogens is 360 g/mol. The van der Waals surface area contributed by atoms with Gasteiger partial charge in [0.15, 0.2) is 0 Å². The van der Waals surface area contributed by atoms with E-state index in [1.165, 1.54) is 4.90 Å². The summed E-state index contributed by atoms with van der Waals surface area (Å²) in [6.45, 7) is 3.74. The van der Waals surface area contributed by atoms with Crippen LogP contribution in [-0.4, -0.2) is 70.7 Å². The second kappa shape index (κ2) is 10.4. The summed E-state index contributed by atoms with van der Waals surface area (Å²) in [6, 6.07) is -2.36. The molecule has 0 aromatic rings. The first-order valence-corrected chi connectivity index (χ1v) is 9.27. The molecule has 0 spiro atoms. The molecular formula is C16H28N4O5S. The van der Waals surface area contributed by atoms with E-state index < -0.39 is 48.4 Å². The molecule has 5 N–H and O–H groups in total. The Kier molecular flexibility index (Phi) is 8.86. The van der Waals surface area contributed by atoms with Gasteiger partial charge in [-0.2, -0.15) is 12.6 Å². The molecule has 0 aromatic carbocycles. The number of amides is 3. The van der Waals surface area contributed by atoms with Crippen molar-refractivity contribution in [3.63, 3.8) is 0 Å². The lowest BCUT2D eigenvalue weighted by Crippen LogP contribution is -2.56. The van der Waals surface area contributed by atoms with Crippen molar-refractivity contribution in [2.75, 3.05) is 18.8 Å². The summed E-state index contributed by atoms with van der Waals surface area (Å²) < 4.78 is 0. The molecule has 9 nitrogen and oxygen atoms in total. The molecule has 0 aromatic heterocycles. The first kappa shape index (κ1) is 22.2. The molecule has 3 unspecified atom stereocenters. The molecule has 1 rings (SSSR count). The highest BCUT2D eigenvalue weighted by Gasteiger charge is 2.37. The third-order valence-corrected chi connectivity index (χ3v) is 4.48. The molecule has 3 atom stereocenters. The van der Waals surface area contributed by atoms with Gasteiger partial charge in [0, 0.05) is 12.3 Å². The van der Waals surface area contributed by atoms with Crippen molar-refractivity contribution < 1.29 is 24.3 Å². The molecule has 26 heavy (non-hydrogen) atoms. The average Bonchev–Trinajstić information content (AvgIpc) is 3.05. The summed E-state index contributed by atoms with van der Waals surface area (Å²) in [4.78, 5) is 49.0. The van der Waals surface area contributed by atoms with Gasteiger partial charge < -0.3 is 26.4 Å². The van der Waals surface area contributed by atoms with Crippen LogP contribution in [0.4, 0.5) is 0 Å². The Morgan fingerprint density at radius 2 is 1.96 bits per heavy atom. The van der Waals surface area contributed by atoms with Crippen LogP contribution in [-0.2, 0) is 19.2 Å². The Morgan fingerprint density at radius 3 is 2.50 bits per heavy atom. The van der Waals surface area contributed by atoms with Crippen LogP contribution >= 0.6 is 12.6 Å². The number of hydrogen-bond donors (Lipinski definition) is 5. The molecule has 1 aliphatic rings. The number of carboxylic acid groups (broad SMARTS) is 1. The predicted molar refractivity (Wildman–Crippen MR) is 98.6 cm³/mol. The number of nitrogens with one attached hydrogen (secondary N) is 2. The van der Waals surface area contributed by atoms with Gasteiger partial charge in [0.1, 0.15) is 18.6 Å². The molecule has 148 valence electrons. The standard InChI is InChI=1S/C16H28N4O5S/c1-9(2)6-10(17)14(23)19-11(8-26)16(25)20-5-3-4-12(20)15(24)18-7-13(21)22/h9-12,26H,3-8,17H2,1-2H3,(H,18,24)(H,19,23)(H,21,22). The number of carbonyl (C=O) groups is 4. The summed E-state index contributed by atoms with van der Waals surface area (Å²) >= 11 is 4.13. The minimum Gasteiger partial charge on any atom is -0.480 e. The van der Waals surface area contributed by atoms with E-state index in [0.717, 1.165) is 0 Å².